The van der Waals surface area contributed by atoms with Gasteiger partial charge in [0.2, 0.25) is 0 Å². The lowest BCUT2D eigenvalue weighted by molar-refractivity contribution is 0.378. The number of hydrogen-bond donors (Lipinski definition) is 1. The van der Waals surface area contributed by atoms with Crippen LogP contribution in [0.3, 0.4) is 0 Å². The second kappa shape index (κ2) is 13.0. The van der Waals surface area contributed by atoms with Crippen molar-refractivity contribution in [1.82, 2.24) is 5.32 Å². The number of nitrogens with one attached hydrogen (secondary N) is 1. The molecule has 1 fully saturated rings. The van der Waals surface area contributed by atoms with Gasteiger partial charge in [0.05, 0.1) is 0 Å². The summed E-state index contributed by atoms with van der Waals surface area (Å²) in [5, 5.41) is 3.33. The third kappa shape index (κ3) is 10.4. The number of hydrogen-bond acceptors (Lipinski definition) is 1. The molecule has 0 aliphatic heterocycles. The van der Waals surface area contributed by atoms with Crippen LogP contribution in [0, 0.1) is 5.92 Å². The zero-order valence-corrected chi connectivity index (χ0v) is 13.4. The third-order valence-corrected chi connectivity index (χ3v) is 4.78. The standard InChI is InChI=1S/C18H37N/c1-19-17-16-18-14-12-10-8-6-4-2-3-5-7-9-11-13-15-18/h18-19H,2-17H2,1H3. The lowest BCUT2D eigenvalue weighted by Gasteiger charge is -2.16. The zero-order chi connectivity index (χ0) is 13.6. The summed E-state index contributed by atoms with van der Waals surface area (Å²) in [4.78, 5) is 0. The first-order valence-corrected chi connectivity index (χ1v) is 9.08. The van der Waals surface area contributed by atoms with E-state index in [4.69, 9.17) is 0 Å². The van der Waals surface area contributed by atoms with Crippen molar-refractivity contribution in [3.05, 3.63) is 0 Å². The van der Waals surface area contributed by atoms with Crippen LogP contribution in [0.4, 0.5) is 0 Å². The molecule has 1 N–H and O–H groups in total. The van der Waals surface area contributed by atoms with E-state index in [0.29, 0.717) is 0 Å². The molecule has 0 aromatic carbocycles. The van der Waals surface area contributed by atoms with Crippen molar-refractivity contribution in [1.29, 1.82) is 0 Å². The van der Waals surface area contributed by atoms with Crippen LogP contribution < -0.4 is 5.32 Å². The lowest BCUT2D eigenvalue weighted by atomic mass is 9.91. The van der Waals surface area contributed by atoms with E-state index in [1.165, 1.54) is 103 Å². The molecule has 0 radical (unpaired) electrons. The molecule has 1 rings (SSSR count). The molecule has 0 heterocycles. The van der Waals surface area contributed by atoms with Crippen molar-refractivity contribution >= 4 is 0 Å². The molecule has 0 atom stereocenters. The first kappa shape index (κ1) is 17.0. The van der Waals surface area contributed by atoms with Crippen molar-refractivity contribution in [2.45, 2.75) is 96.3 Å². The minimum Gasteiger partial charge on any atom is -0.320 e. The van der Waals surface area contributed by atoms with E-state index >= 15 is 0 Å². The molecule has 0 amide bonds. The van der Waals surface area contributed by atoms with Crippen molar-refractivity contribution in [3.8, 4) is 0 Å². The first-order valence-electron chi connectivity index (χ1n) is 9.08. The maximum Gasteiger partial charge on any atom is -0.00493 e. The van der Waals surface area contributed by atoms with Gasteiger partial charge in [0, 0.05) is 0 Å². The van der Waals surface area contributed by atoms with E-state index in [1.54, 1.807) is 0 Å². The zero-order valence-electron chi connectivity index (χ0n) is 13.4. The van der Waals surface area contributed by atoms with Crippen molar-refractivity contribution in [2.75, 3.05) is 13.6 Å². The molecule has 0 unspecified atom stereocenters. The molecule has 114 valence electrons. The summed E-state index contributed by atoms with van der Waals surface area (Å²) in [5.74, 6) is 0.998. The largest absolute Gasteiger partial charge is 0.320 e. The van der Waals surface area contributed by atoms with E-state index in [9.17, 15) is 0 Å². The smallest absolute Gasteiger partial charge is 0.00493 e. The van der Waals surface area contributed by atoms with Gasteiger partial charge in [-0.05, 0) is 25.9 Å². The monoisotopic (exact) mass is 267 g/mol. The van der Waals surface area contributed by atoms with Gasteiger partial charge >= 0.3 is 0 Å². The van der Waals surface area contributed by atoms with Gasteiger partial charge in [-0.3, -0.25) is 0 Å². The molecule has 1 saturated carbocycles. The molecule has 1 nitrogen and oxygen atoms in total. The van der Waals surface area contributed by atoms with Crippen LogP contribution in [0.2, 0.25) is 0 Å². The molecule has 0 saturated heterocycles. The predicted octanol–water partition coefficient (Wildman–Crippen LogP) is 5.69. The Morgan fingerprint density at radius 3 is 1.37 bits per heavy atom. The molecular formula is C18H37N. The van der Waals surface area contributed by atoms with Gasteiger partial charge in [-0.15, -0.1) is 0 Å². The maximum atomic E-state index is 3.33. The molecule has 1 heteroatoms. The van der Waals surface area contributed by atoms with E-state index < -0.39 is 0 Å². The SMILES string of the molecule is CNCCC1CCCCCCCCCCCCCC1. The quantitative estimate of drug-likeness (QED) is 0.693. The molecular weight excluding hydrogens is 230 g/mol. The van der Waals surface area contributed by atoms with Gasteiger partial charge in [0.1, 0.15) is 0 Å². The predicted molar refractivity (Wildman–Crippen MR) is 86.7 cm³/mol. The van der Waals surface area contributed by atoms with Crippen LogP contribution in [0.5, 0.6) is 0 Å². The average Bonchev–Trinajstić information content (AvgIpc) is 2.44. The summed E-state index contributed by atoms with van der Waals surface area (Å²) in [6.45, 7) is 1.21. The topological polar surface area (TPSA) is 12.0 Å². The molecule has 1 aliphatic carbocycles. The maximum absolute atomic E-state index is 3.33. The van der Waals surface area contributed by atoms with E-state index in [0.717, 1.165) is 5.92 Å². The Morgan fingerprint density at radius 2 is 1.00 bits per heavy atom. The Bertz CT molecular complexity index is 163. The summed E-state index contributed by atoms with van der Waals surface area (Å²) in [7, 11) is 2.09. The van der Waals surface area contributed by atoms with Crippen LogP contribution in [-0.2, 0) is 0 Å². The van der Waals surface area contributed by atoms with Gasteiger partial charge in [-0.25, -0.2) is 0 Å². The second-order valence-electron chi connectivity index (χ2n) is 6.58. The third-order valence-electron chi connectivity index (χ3n) is 4.78. The summed E-state index contributed by atoms with van der Waals surface area (Å²) < 4.78 is 0. The van der Waals surface area contributed by atoms with Crippen molar-refractivity contribution in [2.24, 2.45) is 5.92 Å². The fraction of sp³-hybridized carbons (Fsp3) is 1.00. The fourth-order valence-electron chi connectivity index (χ4n) is 3.42. The van der Waals surface area contributed by atoms with Gasteiger partial charge in [-0.1, -0.05) is 89.9 Å². The highest BCUT2D eigenvalue weighted by molar-refractivity contribution is 4.62. The molecule has 0 spiro atoms. The van der Waals surface area contributed by atoms with Gasteiger partial charge in [-0.2, -0.15) is 0 Å². The summed E-state index contributed by atoms with van der Waals surface area (Å²) in [6.07, 6.45) is 22.2. The van der Waals surface area contributed by atoms with Crippen molar-refractivity contribution in [3.63, 3.8) is 0 Å². The molecule has 19 heavy (non-hydrogen) atoms. The highest BCUT2D eigenvalue weighted by Crippen LogP contribution is 2.22. The van der Waals surface area contributed by atoms with Crippen LogP contribution in [0.25, 0.3) is 0 Å². The van der Waals surface area contributed by atoms with E-state index in [2.05, 4.69) is 12.4 Å². The molecule has 1 aliphatic rings. The molecule has 0 aromatic rings. The van der Waals surface area contributed by atoms with Gasteiger partial charge in [0.25, 0.3) is 0 Å². The van der Waals surface area contributed by atoms with E-state index in [1.807, 2.05) is 0 Å². The van der Waals surface area contributed by atoms with Crippen molar-refractivity contribution < 1.29 is 0 Å². The molecule has 0 aromatic heterocycles. The highest BCUT2D eigenvalue weighted by atomic mass is 14.8. The second-order valence-corrected chi connectivity index (χ2v) is 6.58. The van der Waals surface area contributed by atoms with Crippen LogP contribution in [0.1, 0.15) is 96.3 Å². The first-order chi connectivity index (χ1) is 9.43. The summed E-state index contributed by atoms with van der Waals surface area (Å²) in [6, 6.07) is 0. The lowest BCUT2D eigenvalue weighted by Crippen LogP contribution is -2.13. The van der Waals surface area contributed by atoms with Crippen LogP contribution in [-0.4, -0.2) is 13.6 Å². The Morgan fingerprint density at radius 1 is 0.632 bits per heavy atom. The fourth-order valence-corrected chi connectivity index (χ4v) is 3.42. The minimum absolute atomic E-state index is 0.998. The van der Waals surface area contributed by atoms with E-state index in [-0.39, 0.29) is 0 Å². The van der Waals surface area contributed by atoms with Crippen LogP contribution in [0.15, 0.2) is 0 Å². The van der Waals surface area contributed by atoms with Gasteiger partial charge < -0.3 is 5.32 Å². The normalized spacial score (nSPS) is 22.6. The number of rotatable bonds is 3. The average molecular weight is 268 g/mol. The highest BCUT2D eigenvalue weighted by Gasteiger charge is 2.08. The Kier molecular flexibility index (Phi) is 11.6. The van der Waals surface area contributed by atoms with Crippen LogP contribution >= 0.6 is 0 Å². The Hall–Kier alpha value is -0.0400. The van der Waals surface area contributed by atoms with Gasteiger partial charge in [0.15, 0.2) is 0 Å². The summed E-state index contributed by atoms with van der Waals surface area (Å²) >= 11 is 0. The molecule has 0 bridgehead atoms. The Labute approximate surface area is 121 Å². The Balaban J connectivity index is 2.21. The summed E-state index contributed by atoms with van der Waals surface area (Å²) in [5.41, 5.74) is 0. The minimum atomic E-state index is 0.998.